The molecule has 5 N–H and O–H groups in total. The Balaban J connectivity index is 1.43. The van der Waals surface area contributed by atoms with Gasteiger partial charge in [0.25, 0.3) is 0 Å². The average molecular weight is 746 g/mol. The highest BCUT2D eigenvalue weighted by atomic mass is 16.5. The van der Waals surface area contributed by atoms with Crippen LogP contribution in [0.25, 0.3) is 11.1 Å². The highest BCUT2D eigenvalue weighted by Gasteiger charge is 2.17. The summed E-state index contributed by atoms with van der Waals surface area (Å²) >= 11 is 0. The van der Waals surface area contributed by atoms with Crippen LogP contribution in [0.4, 0.5) is 0 Å². The molecule has 2 aromatic carbocycles. The molecule has 2 aromatic heterocycles. The third kappa shape index (κ3) is 11.4. The first-order chi connectivity index (χ1) is 25.8. The van der Waals surface area contributed by atoms with Gasteiger partial charge in [-0.05, 0) is 92.5 Å². The first-order valence-electron chi connectivity index (χ1n) is 17.8. The smallest absolute Gasteiger partial charge is 0.306 e. The fourth-order valence-electron chi connectivity index (χ4n) is 6.26. The number of rotatable bonds is 21. The first kappa shape index (κ1) is 41.5. The van der Waals surface area contributed by atoms with Gasteiger partial charge >= 0.3 is 11.9 Å². The summed E-state index contributed by atoms with van der Waals surface area (Å²) in [4.78, 5) is 30.9. The second-order valence-electron chi connectivity index (χ2n) is 13.3. The molecule has 13 heteroatoms. The Bertz CT molecular complexity index is 1780. The molecule has 2 atom stereocenters. The molecule has 290 valence electrons. The van der Waals surface area contributed by atoms with Crippen molar-refractivity contribution >= 4 is 11.9 Å². The van der Waals surface area contributed by atoms with Gasteiger partial charge in [-0.1, -0.05) is 36.4 Å². The molecule has 0 aliphatic carbocycles. The van der Waals surface area contributed by atoms with Crippen LogP contribution in [0.1, 0.15) is 70.2 Å². The van der Waals surface area contributed by atoms with E-state index in [0.717, 1.165) is 55.6 Å². The number of aromatic nitrogens is 2. The predicted molar refractivity (Wildman–Crippen MR) is 202 cm³/mol. The Morgan fingerprint density at radius 1 is 0.685 bits per heavy atom. The van der Waals surface area contributed by atoms with Crippen LogP contribution >= 0.6 is 0 Å². The maximum Gasteiger partial charge on any atom is 0.306 e. The normalized spacial score (nSPS) is 12.2. The third-order valence-corrected chi connectivity index (χ3v) is 9.21. The number of benzene rings is 2. The van der Waals surface area contributed by atoms with Crippen LogP contribution in [0.15, 0.2) is 48.5 Å². The second-order valence-corrected chi connectivity index (χ2v) is 13.3. The summed E-state index contributed by atoms with van der Waals surface area (Å²) in [5.41, 5.74) is 9.55. The maximum atomic E-state index is 10.9. The van der Waals surface area contributed by atoms with Gasteiger partial charge in [-0.3, -0.25) is 9.59 Å². The maximum absolute atomic E-state index is 10.9. The lowest BCUT2D eigenvalue weighted by Gasteiger charge is -2.18. The fraction of sp³-hybridized carbons (Fsp3) is 0.415. The van der Waals surface area contributed by atoms with Gasteiger partial charge in [0, 0.05) is 35.3 Å². The molecule has 13 nitrogen and oxygen atoms in total. The van der Waals surface area contributed by atoms with Crippen LogP contribution in [0.3, 0.4) is 0 Å². The lowest BCUT2D eigenvalue weighted by molar-refractivity contribution is -0.140. The fourth-order valence-corrected chi connectivity index (χ4v) is 6.26. The number of pyridine rings is 2. The van der Waals surface area contributed by atoms with Crippen LogP contribution < -0.4 is 24.3 Å². The Hall–Kier alpha value is -5.24. The number of carboxylic acid groups (broad SMARTS) is 2. The summed E-state index contributed by atoms with van der Waals surface area (Å²) in [6, 6.07) is 16.1. The number of ether oxygens (including phenoxy) is 4. The molecular weight excluding hydrogens is 694 g/mol. The standard InChI is InChI=1S/C41H51N3O10/c1-24-16-28(10-7-13-32(45)18-36(47)48)40(51-5)43-38(24)53-22-29-11-8-14-34(26(29)3)35-15-9-12-30(27(35)4)23-54-39-25(2)17-31(41(44-39)52-6)20-42-21-33(46)19-37(49)50/h8-9,11-12,14-17,32-33,42,45-46H,7,10,13,18-23H2,1-6H3,(H,47,48)(H,49,50)/t32-,33+/m1/s1. The van der Waals surface area contributed by atoms with Gasteiger partial charge in [0.05, 0.1) is 39.3 Å². The molecule has 0 fully saturated rings. The van der Waals surface area contributed by atoms with E-state index in [1.807, 2.05) is 50.2 Å². The van der Waals surface area contributed by atoms with E-state index < -0.39 is 24.1 Å². The topological polar surface area (TPSA) is 190 Å². The van der Waals surface area contributed by atoms with E-state index in [0.29, 0.717) is 55.9 Å². The highest BCUT2D eigenvalue weighted by Crippen LogP contribution is 2.33. The minimum absolute atomic E-state index is 0.117. The van der Waals surface area contributed by atoms with E-state index in [1.54, 1.807) is 7.11 Å². The van der Waals surface area contributed by atoms with Gasteiger partial charge in [-0.2, -0.15) is 9.97 Å². The highest BCUT2D eigenvalue weighted by molar-refractivity contribution is 5.72. The van der Waals surface area contributed by atoms with Crippen LogP contribution in [0.2, 0.25) is 0 Å². The molecule has 0 saturated heterocycles. The molecule has 0 amide bonds. The van der Waals surface area contributed by atoms with Crippen molar-refractivity contribution in [2.24, 2.45) is 0 Å². The number of carbonyl (C=O) groups is 2. The Kier molecular flexibility index (Phi) is 15.2. The number of nitrogens with one attached hydrogen (secondary N) is 1. The molecule has 0 saturated carbocycles. The van der Waals surface area contributed by atoms with E-state index in [4.69, 9.17) is 29.2 Å². The van der Waals surface area contributed by atoms with Crippen molar-refractivity contribution in [3.8, 4) is 34.6 Å². The van der Waals surface area contributed by atoms with Crippen molar-refractivity contribution < 1.29 is 49.0 Å². The quantitative estimate of drug-likeness (QED) is 0.0706. The van der Waals surface area contributed by atoms with Crippen LogP contribution in [-0.4, -0.2) is 75.3 Å². The molecular formula is C41H51N3O10. The zero-order valence-corrected chi connectivity index (χ0v) is 31.8. The number of aliphatic hydroxyl groups excluding tert-OH is 2. The zero-order chi connectivity index (χ0) is 39.4. The van der Waals surface area contributed by atoms with E-state index in [-0.39, 0.29) is 26.0 Å². The summed E-state index contributed by atoms with van der Waals surface area (Å²) < 4.78 is 23.5. The number of aliphatic carboxylic acids is 2. The molecule has 0 bridgehead atoms. The third-order valence-electron chi connectivity index (χ3n) is 9.21. The molecule has 4 rings (SSSR count). The first-order valence-corrected chi connectivity index (χ1v) is 17.8. The number of methoxy groups -OCH3 is 2. The van der Waals surface area contributed by atoms with Crippen molar-refractivity contribution in [3.63, 3.8) is 0 Å². The molecule has 54 heavy (non-hydrogen) atoms. The Labute approximate surface area is 315 Å². The molecule has 0 unspecified atom stereocenters. The van der Waals surface area contributed by atoms with Crippen LogP contribution in [0, 0.1) is 27.7 Å². The molecule has 0 aliphatic heterocycles. The zero-order valence-electron chi connectivity index (χ0n) is 31.8. The molecule has 0 radical (unpaired) electrons. The summed E-state index contributed by atoms with van der Waals surface area (Å²) in [5, 5.41) is 40.6. The minimum Gasteiger partial charge on any atom is -0.481 e. The van der Waals surface area contributed by atoms with Gasteiger partial charge in [-0.25, -0.2) is 0 Å². The van der Waals surface area contributed by atoms with E-state index in [2.05, 4.69) is 41.3 Å². The second kappa shape index (κ2) is 19.7. The number of nitrogens with zero attached hydrogens (tertiary/aromatic N) is 2. The minimum atomic E-state index is -1.06. The molecule has 4 aromatic rings. The summed E-state index contributed by atoms with van der Waals surface area (Å²) in [5.74, 6) is -0.377. The van der Waals surface area contributed by atoms with E-state index in [9.17, 15) is 19.8 Å². The number of aryl methyl sites for hydroxylation is 3. The van der Waals surface area contributed by atoms with E-state index in [1.165, 1.54) is 7.11 Å². The lowest BCUT2D eigenvalue weighted by atomic mass is 9.92. The van der Waals surface area contributed by atoms with Crippen molar-refractivity contribution in [2.75, 3.05) is 20.8 Å². The van der Waals surface area contributed by atoms with Crippen molar-refractivity contribution in [2.45, 2.75) is 91.8 Å². The van der Waals surface area contributed by atoms with Gasteiger partial charge in [0.1, 0.15) is 13.2 Å². The van der Waals surface area contributed by atoms with Crippen molar-refractivity contribution in [1.82, 2.24) is 15.3 Å². The van der Waals surface area contributed by atoms with Gasteiger partial charge < -0.3 is 44.7 Å². The Morgan fingerprint density at radius 2 is 1.17 bits per heavy atom. The van der Waals surface area contributed by atoms with Crippen LogP contribution in [0.5, 0.6) is 23.5 Å². The largest absolute Gasteiger partial charge is 0.481 e. The lowest BCUT2D eigenvalue weighted by Crippen LogP contribution is -2.28. The SMILES string of the molecule is COc1nc(OCc2cccc(-c3cccc(COc4nc(OC)c(CNC[C@@H](O)CC(=O)O)cc4C)c3C)c2C)c(C)cc1CCC[C@@H](O)CC(=O)O. The van der Waals surface area contributed by atoms with Crippen LogP contribution in [-0.2, 0) is 35.8 Å². The average Bonchev–Trinajstić information content (AvgIpc) is 3.11. The summed E-state index contributed by atoms with van der Waals surface area (Å²) in [6.07, 6.45) is -0.974. The van der Waals surface area contributed by atoms with Gasteiger partial charge in [-0.15, -0.1) is 0 Å². The number of aliphatic hydroxyl groups is 2. The Morgan fingerprint density at radius 3 is 1.67 bits per heavy atom. The molecule has 2 heterocycles. The summed E-state index contributed by atoms with van der Waals surface area (Å²) in [6.45, 7) is 8.98. The number of hydrogen-bond donors (Lipinski definition) is 5. The summed E-state index contributed by atoms with van der Waals surface area (Å²) in [7, 11) is 3.07. The van der Waals surface area contributed by atoms with Gasteiger partial charge in [0.15, 0.2) is 0 Å². The molecule has 0 spiro atoms. The van der Waals surface area contributed by atoms with Gasteiger partial charge in [0.2, 0.25) is 23.5 Å². The monoisotopic (exact) mass is 745 g/mol. The number of hydrogen-bond acceptors (Lipinski definition) is 11. The van der Waals surface area contributed by atoms with E-state index >= 15 is 0 Å². The van der Waals surface area contributed by atoms with Crippen molar-refractivity contribution in [1.29, 1.82) is 0 Å². The predicted octanol–water partition coefficient (Wildman–Crippen LogP) is 5.64. The van der Waals surface area contributed by atoms with Crippen molar-refractivity contribution in [3.05, 3.63) is 93.0 Å². The molecule has 0 aliphatic rings. The number of carboxylic acids is 2.